The Kier molecular flexibility index (Phi) is 5.70. The van der Waals surface area contributed by atoms with Crippen molar-refractivity contribution < 1.29 is 28.9 Å². The standard InChI is InChI=1S/C17H16FIN2O7/c1-8-2-4-9(5-3-8)14(24)27-7-11-12(22)17(18,26)15(28-11)21-6-10(19)13(23)20-16(21)25/h2-6,11-12,15,22,26H,7H2,1H3,(H,20,23,25)/t11-,12-,15-,17-/m1/s1. The number of aromatic nitrogens is 2. The molecule has 0 bridgehead atoms. The molecule has 1 aromatic heterocycles. The zero-order chi connectivity index (χ0) is 20.6. The number of nitrogens with one attached hydrogen (secondary N) is 1. The number of carbonyl (C=O) groups excluding carboxylic acids is 1. The number of rotatable bonds is 4. The van der Waals surface area contributed by atoms with Gasteiger partial charge in [-0.15, -0.1) is 0 Å². The molecule has 1 fully saturated rings. The summed E-state index contributed by atoms with van der Waals surface area (Å²) in [6.07, 6.45) is -4.49. The predicted octanol–water partition coefficient (Wildman–Crippen LogP) is 0.223. The Bertz CT molecular complexity index is 1000. The lowest BCUT2D eigenvalue weighted by Gasteiger charge is -2.23. The summed E-state index contributed by atoms with van der Waals surface area (Å²) in [5, 5.41) is 20.1. The average molecular weight is 506 g/mol. The largest absolute Gasteiger partial charge is 0.459 e. The van der Waals surface area contributed by atoms with E-state index in [0.29, 0.717) is 4.57 Å². The van der Waals surface area contributed by atoms with Crippen molar-refractivity contribution >= 4 is 28.6 Å². The molecule has 1 aliphatic heterocycles. The smallest absolute Gasteiger partial charge is 0.338 e. The number of ether oxygens (including phenoxy) is 2. The van der Waals surface area contributed by atoms with Crippen LogP contribution in [0.5, 0.6) is 0 Å². The van der Waals surface area contributed by atoms with E-state index in [-0.39, 0.29) is 9.13 Å². The van der Waals surface area contributed by atoms with Gasteiger partial charge >= 0.3 is 11.7 Å². The Morgan fingerprint density at radius 3 is 2.68 bits per heavy atom. The van der Waals surface area contributed by atoms with E-state index >= 15 is 0 Å². The van der Waals surface area contributed by atoms with Gasteiger partial charge in [-0.05, 0) is 41.6 Å². The molecule has 150 valence electrons. The van der Waals surface area contributed by atoms with E-state index < -0.39 is 48.1 Å². The SMILES string of the molecule is Cc1ccc(C(=O)OC[C@H]2O[C@@H](n3cc(I)c(=O)[nH]c3=O)[C@@](O)(F)[C@@H]2O)cc1. The van der Waals surface area contributed by atoms with E-state index in [0.717, 1.165) is 11.8 Å². The Morgan fingerprint density at radius 1 is 1.39 bits per heavy atom. The van der Waals surface area contributed by atoms with Crippen LogP contribution < -0.4 is 11.2 Å². The minimum absolute atomic E-state index is 0.0420. The minimum Gasteiger partial charge on any atom is -0.459 e. The van der Waals surface area contributed by atoms with Gasteiger partial charge in [0.15, 0.2) is 6.23 Å². The molecular weight excluding hydrogens is 490 g/mol. The quantitative estimate of drug-likeness (QED) is 0.400. The summed E-state index contributed by atoms with van der Waals surface area (Å²) in [5.74, 6) is -4.08. The van der Waals surface area contributed by atoms with Crippen LogP contribution in [0.2, 0.25) is 0 Å². The van der Waals surface area contributed by atoms with Crippen molar-refractivity contribution in [3.63, 3.8) is 0 Å². The van der Waals surface area contributed by atoms with Crippen LogP contribution in [0.25, 0.3) is 0 Å². The molecule has 0 spiro atoms. The fraction of sp³-hybridized carbons (Fsp3) is 0.353. The Hall–Kier alpha value is -2.09. The van der Waals surface area contributed by atoms with Crippen LogP contribution in [0.4, 0.5) is 4.39 Å². The molecule has 11 heteroatoms. The van der Waals surface area contributed by atoms with Gasteiger partial charge in [0, 0.05) is 6.20 Å². The maximum Gasteiger partial charge on any atom is 0.338 e. The first-order chi connectivity index (χ1) is 13.1. The number of esters is 1. The third kappa shape index (κ3) is 3.87. The number of nitrogens with zero attached hydrogens (tertiary/aromatic N) is 1. The van der Waals surface area contributed by atoms with E-state index in [1.165, 1.54) is 0 Å². The Balaban J connectivity index is 1.77. The molecule has 2 heterocycles. The first-order valence-corrected chi connectivity index (χ1v) is 9.18. The topological polar surface area (TPSA) is 131 Å². The molecule has 0 radical (unpaired) electrons. The Labute approximate surface area is 170 Å². The number of hydrogen-bond donors (Lipinski definition) is 3. The highest BCUT2D eigenvalue weighted by Gasteiger charge is 2.58. The monoisotopic (exact) mass is 506 g/mol. The first-order valence-electron chi connectivity index (χ1n) is 8.11. The van der Waals surface area contributed by atoms with Crippen molar-refractivity contribution in [3.8, 4) is 0 Å². The maximum atomic E-state index is 14.7. The second kappa shape index (κ2) is 7.73. The van der Waals surface area contributed by atoms with Crippen molar-refractivity contribution in [2.45, 2.75) is 31.2 Å². The summed E-state index contributed by atoms with van der Waals surface area (Å²) < 4.78 is 25.6. The van der Waals surface area contributed by atoms with Crippen LogP contribution in [0.3, 0.4) is 0 Å². The molecule has 0 amide bonds. The number of benzene rings is 1. The number of hydrogen-bond acceptors (Lipinski definition) is 7. The van der Waals surface area contributed by atoms with Gasteiger partial charge in [-0.2, -0.15) is 0 Å². The van der Waals surface area contributed by atoms with E-state index in [1.807, 2.05) is 11.9 Å². The lowest BCUT2D eigenvalue weighted by atomic mass is 10.1. The zero-order valence-electron chi connectivity index (χ0n) is 14.5. The molecule has 0 saturated carbocycles. The zero-order valence-corrected chi connectivity index (χ0v) is 16.6. The fourth-order valence-corrected chi connectivity index (χ4v) is 3.13. The molecule has 2 aromatic rings. The predicted molar refractivity (Wildman–Crippen MR) is 101 cm³/mol. The number of aryl methyl sites for hydroxylation is 1. The number of carbonyl (C=O) groups is 1. The van der Waals surface area contributed by atoms with Crippen LogP contribution in [0.15, 0.2) is 40.1 Å². The Morgan fingerprint density at radius 2 is 2.04 bits per heavy atom. The number of aromatic amines is 1. The third-order valence-electron chi connectivity index (χ3n) is 4.26. The summed E-state index contributed by atoms with van der Waals surface area (Å²) in [6, 6.07) is 6.50. The highest BCUT2D eigenvalue weighted by molar-refractivity contribution is 14.1. The molecule has 0 aliphatic carbocycles. The van der Waals surface area contributed by atoms with Crippen molar-refractivity contribution in [1.29, 1.82) is 0 Å². The maximum absolute atomic E-state index is 14.7. The van der Waals surface area contributed by atoms with Gasteiger partial charge < -0.3 is 19.7 Å². The van der Waals surface area contributed by atoms with Crippen LogP contribution >= 0.6 is 22.6 Å². The van der Waals surface area contributed by atoms with Crippen molar-refractivity contribution in [2.24, 2.45) is 0 Å². The van der Waals surface area contributed by atoms with Crippen LogP contribution in [-0.4, -0.2) is 50.4 Å². The number of H-pyrrole nitrogens is 1. The molecule has 1 saturated heterocycles. The molecule has 3 N–H and O–H groups in total. The summed E-state index contributed by atoms with van der Waals surface area (Å²) in [7, 11) is 0. The van der Waals surface area contributed by atoms with E-state index in [4.69, 9.17) is 9.47 Å². The fourth-order valence-electron chi connectivity index (χ4n) is 2.70. The second-order valence-electron chi connectivity index (χ2n) is 6.31. The first kappa shape index (κ1) is 20.6. The van der Waals surface area contributed by atoms with Crippen molar-refractivity contribution in [3.05, 3.63) is 66.0 Å². The van der Waals surface area contributed by atoms with Crippen molar-refractivity contribution in [2.75, 3.05) is 6.61 Å². The van der Waals surface area contributed by atoms with E-state index in [9.17, 15) is 29.0 Å². The molecule has 3 rings (SSSR count). The van der Waals surface area contributed by atoms with Gasteiger partial charge in [0.25, 0.3) is 11.4 Å². The summed E-state index contributed by atoms with van der Waals surface area (Å²) in [6.45, 7) is 1.28. The minimum atomic E-state index is -3.36. The second-order valence-corrected chi connectivity index (χ2v) is 7.47. The van der Waals surface area contributed by atoms with Gasteiger partial charge in [-0.3, -0.25) is 14.3 Å². The van der Waals surface area contributed by atoms with Crippen molar-refractivity contribution in [1.82, 2.24) is 9.55 Å². The molecule has 28 heavy (non-hydrogen) atoms. The highest BCUT2D eigenvalue weighted by atomic mass is 127. The van der Waals surface area contributed by atoms with Gasteiger partial charge in [-0.25, -0.2) is 14.0 Å². The van der Waals surface area contributed by atoms with Gasteiger partial charge in [0.2, 0.25) is 0 Å². The molecule has 9 nitrogen and oxygen atoms in total. The lowest BCUT2D eigenvalue weighted by molar-refractivity contribution is -0.197. The molecule has 1 aliphatic rings. The highest BCUT2D eigenvalue weighted by Crippen LogP contribution is 2.39. The van der Waals surface area contributed by atoms with Gasteiger partial charge in [0.05, 0.1) is 9.13 Å². The van der Waals surface area contributed by atoms with Crippen LogP contribution in [0, 0.1) is 10.5 Å². The molecule has 0 unspecified atom stereocenters. The van der Waals surface area contributed by atoms with Crippen LogP contribution in [-0.2, 0) is 9.47 Å². The van der Waals surface area contributed by atoms with Gasteiger partial charge in [-0.1, -0.05) is 17.7 Å². The molecule has 4 atom stereocenters. The normalized spacial score (nSPS) is 27.0. The summed E-state index contributed by atoms with van der Waals surface area (Å²) >= 11 is 1.61. The number of aliphatic hydroxyl groups is 2. The lowest BCUT2D eigenvalue weighted by Crippen LogP contribution is -2.46. The third-order valence-corrected chi connectivity index (χ3v) is 5.03. The number of alkyl halides is 1. The summed E-state index contributed by atoms with van der Waals surface area (Å²) in [5.41, 5.74) is -0.531. The average Bonchev–Trinajstić information content (AvgIpc) is 2.86. The number of halogens is 2. The number of aliphatic hydroxyl groups excluding tert-OH is 1. The van der Waals surface area contributed by atoms with Gasteiger partial charge in [0.1, 0.15) is 18.8 Å². The molecular formula is C17H16FIN2O7. The molecule has 1 aromatic carbocycles. The summed E-state index contributed by atoms with van der Waals surface area (Å²) in [4.78, 5) is 37.4. The van der Waals surface area contributed by atoms with E-state index in [2.05, 4.69) is 0 Å². The van der Waals surface area contributed by atoms with E-state index in [1.54, 1.807) is 46.9 Å². The van der Waals surface area contributed by atoms with Crippen LogP contribution in [0.1, 0.15) is 22.1 Å².